The Kier molecular flexibility index (Phi) is 7.14. The van der Waals surface area contributed by atoms with Crippen molar-refractivity contribution in [2.75, 3.05) is 30.4 Å². The lowest BCUT2D eigenvalue weighted by Crippen LogP contribution is -2.34. The van der Waals surface area contributed by atoms with E-state index >= 15 is 0 Å². The Bertz CT molecular complexity index is 633. The average Bonchev–Trinajstić information content (AvgIpc) is 2.97. The van der Waals surface area contributed by atoms with Gasteiger partial charge in [0, 0.05) is 30.4 Å². The molecule has 0 aliphatic carbocycles. The average molecular weight is 371 g/mol. The summed E-state index contributed by atoms with van der Waals surface area (Å²) >= 11 is 9.01. The van der Waals surface area contributed by atoms with E-state index < -0.39 is 0 Å². The van der Waals surface area contributed by atoms with Gasteiger partial charge in [0.1, 0.15) is 5.82 Å². The van der Waals surface area contributed by atoms with E-state index in [1.165, 1.54) is 11.3 Å². The summed E-state index contributed by atoms with van der Waals surface area (Å²) < 4.78 is 0. The smallest absolute Gasteiger partial charge is 0.228 e. The largest absolute Gasteiger partial charge is 0.342 e. The number of amides is 1. The monoisotopic (exact) mass is 370 g/mol. The predicted octanol–water partition coefficient (Wildman–Crippen LogP) is 3.69. The molecule has 0 aliphatic rings. The first-order valence-corrected chi connectivity index (χ1v) is 9.87. The van der Waals surface area contributed by atoms with Crippen molar-refractivity contribution in [1.82, 2.24) is 14.9 Å². The number of carbonyl (C=O) groups is 1. The van der Waals surface area contributed by atoms with Crippen molar-refractivity contribution in [2.45, 2.75) is 13.3 Å². The van der Waals surface area contributed by atoms with Crippen LogP contribution in [0.2, 0.25) is 5.02 Å². The van der Waals surface area contributed by atoms with Gasteiger partial charge in [-0.1, -0.05) is 11.6 Å². The molecule has 23 heavy (non-hydrogen) atoms. The molecule has 2 rings (SSSR count). The molecule has 2 aromatic rings. The van der Waals surface area contributed by atoms with E-state index in [4.69, 9.17) is 11.6 Å². The van der Waals surface area contributed by atoms with E-state index in [0.29, 0.717) is 17.3 Å². The molecule has 0 saturated carbocycles. The molecule has 2 aromatic heterocycles. The van der Waals surface area contributed by atoms with Crippen LogP contribution in [-0.4, -0.2) is 45.9 Å². The minimum absolute atomic E-state index is 0.114. The van der Waals surface area contributed by atoms with Crippen LogP contribution in [0.4, 0.5) is 10.9 Å². The van der Waals surface area contributed by atoms with Crippen molar-refractivity contribution in [3.05, 3.63) is 34.4 Å². The summed E-state index contributed by atoms with van der Waals surface area (Å²) in [5.41, 5.74) is 0.777. The van der Waals surface area contributed by atoms with Crippen LogP contribution in [0.3, 0.4) is 0 Å². The lowest BCUT2D eigenvalue weighted by atomic mass is 10.3. The van der Waals surface area contributed by atoms with E-state index in [-0.39, 0.29) is 5.91 Å². The molecule has 0 fully saturated rings. The summed E-state index contributed by atoms with van der Waals surface area (Å²) in [5, 5.41) is 6.32. The van der Waals surface area contributed by atoms with Crippen LogP contribution >= 0.6 is 34.7 Å². The molecular formula is C15H19ClN4OS2. The number of rotatable bonds is 8. The number of thioether (sulfide) groups is 1. The molecular weight excluding hydrogens is 352 g/mol. The molecule has 2 heterocycles. The van der Waals surface area contributed by atoms with E-state index in [9.17, 15) is 4.79 Å². The first-order chi connectivity index (χ1) is 11.1. The number of thiazole rings is 1. The summed E-state index contributed by atoms with van der Waals surface area (Å²) in [5.74, 6) is 1.74. The molecule has 0 atom stereocenters. The minimum atomic E-state index is 0.114. The maximum Gasteiger partial charge on any atom is 0.228 e. The molecule has 0 unspecified atom stereocenters. The summed E-state index contributed by atoms with van der Waals surface area (Å²) in [7, 11) is 0. The highest BCUT2D eigenvalue weighted by molar-refractivity contribution is 7.98. The van der Waals surface area contributed by atoms with Gasteiger partial charge in [-0.2, -0.15) is 11.8 Å². The van der Waals surface area contributed by atoms with E-state index in [2.05, 4.69) is 15.3 Å². The molecule has 1 amide bonds. The highest BCUT2D eigenvalue weighted by atomic mass is 35.5. The molecule has 5 nitrogen and oxygen atoms in total. The van der Waals surface area contributed by atoms with E-state index in [0.717, 1.165) is 29.7 Å². The highest BCUT2D eigenvalue weighted by Gasteiger charge is 2.14. The van der Waals surface area contributed by atoms with Crippen molar-refractivity contribution < 1.29 is 4.79 Å². The Morgan fingerprint density at radius 3 is 2.96 bits per heavy atom. The second kappa shape index (κ2) is 9.10. The standard InChI is InChI=1S/C15H19ClN4OS2/c1-3-20(6-7-22-2)14(21)8-12-10-23-15(18-12)19-13-5-4-11(16)9-17-13/h4-5,9-10H,3,6-8H2,1-2H3,(H,17,18,19). The van der Waals surface area contributed by atoms with Crippen LogP contribution in [0.1, 0.15) is 12.6 Å². The molecule has 124 valence electrons. The Labute approximate surface area is 149 Å². The molecule has 8 heteroatoms. The number of halogens is 1. The van der Waals surface area contributed by atoms with E-state index in [1.54, 1.807) is 30.1 Å². The quantitative estimate of drug-likeness (QED) is 0.767. The lowest BCUT2D eigenvalue weighted by molar-refractivity contribution is -0.130. The second-order valence-electron chi connectivity index (χ2n) is 4.77. The minimum Gasteiger partial charge on any atom is -0.342 e. The van der Waals surface area contributed by atoms with Gasteiger partial charge < -0.3 is 10.2 Å². The van der Waals surface area contributed by atoms with Crippen LogP contribution in [0.5, 0.6) is 0 Å². The van der Waals surface area contributed by atoms with E-state index in [1.807, 2.05) is 23.5 Å². The third kappa shape index (κ3) is 5.67. The number of hydrogen-bond acceptors (Lipinski definition) is 6. The normalized spacial score (nSPS) is 10.6. The van der Waals surface area contributed by atoms with Crippen molar-refractivity contribution >= 4 is 51.6 Å². The van der Waals surface area contributed by atoms with Gasteiger partial charge in [-0.05, 0) is 25.3 Å². The predicted molar refractivity (Wildman–Crippen MR) is 99.0 cm³/mol. The Morgan fingerprint density at radius 1 is 1.48 bits per heavy atom. The third-order valence-corrected chi connectivity index (χ3v) is 4.77. The zero-order valence-electron chi connectivity index (χ0n) is 13.1. The highest BCUT2D eigenvalue weighted by Crippen LogP contribution is 2.21. The van der Waals surface area contributed by atoms with Crippen molar-refractivity contribution in [3.8, 4) is 0 Å². The maximum atomic E-state index is 12.3. The molecule has 0 aliphatic heterocycles. The molecule has 0 aromatic carbocycles. The fraction of sp³-hybridized carbons (Fsp3) is 0.400. The van der Waals surface area contributed by atoms with Crippen LogP contribution < -0.4 is 5.32 Å². The molecule has 0 radical (unpaired) electrons. The lowest BCUT2D eigenvalue weighted by Gasteiger charge is -2.19. The van der Waals surface area contributed by atoms with Gasteiger partial charge in [-0.3, -0.25) is 4.79 Å². The Balaban J connectivity index is 1.93. The zero-order chi connectivity index (χ0) is 16.7. The zero-order valence-corrected chi connectivity index (χ0v) is 15.5. The van der Waals surface area contributed by atoms with Gasteiger partial charge in [0.2, 0.25) is 5.91 Å². The third-order valence-electron chi connectivity index (χ3n) is 3.15. The number of aromatic nitrogens is 2. The van der Waals surface area contributed by atoms with Gasteiger partial charge in [0.15, 0.2) is 5.13 Å². The summed E-state index contributed by atoms with van der Waals surface area (Å²) in [6, 6.07) is 3.55. The number of nitrogens with zero attached hydrogens (tertiary/aromatic N) is 3. The maximum absolute atomic E-state index is 12.3. The first-order valence-electron chi connectivity index (χ1n) is 7.22. The number of likely N-dealkylation sites (N-methyl/N-ethyl adjacent to an activating group) is 1. The Hall–Kier alpha value is -1.31. The summed E-state index contributed by atoms with van der Waals surface area (Å²) in [6.45, 7) is 3.50. The fourth-order valence-electron chi connectivity index (χ4n) is 1.93. The molecule has 0 bridgehead atoms. The summed E-state index contributed by atoms with van der Waals surface area (Å²) in [6.07, 6.45) is 3.95. The van der Waals surface area contributed by atoms with Gasteiger partial charge in [-0.25, -0.2) is 9.97 Å². The van der Waals surface area contributed by atoms with Crippen LogP contribution in [0, 0.1) is 0 Å². The van der Waals surface area contributed by atoms with Crippen molar-refractivity contribution in [1.29, 1.82) is 0 Å². The molecule has 0 saturated heterocycles. The fourth-order valence-corrected chi connectivity index (χ4v) is 3.16. The molecule has 1 N–H and O–H groups in total. The van der Waals surface area contributed by atoms with Gasteiger partial charge >= 0.3 is 0 Å². The summed E-state index contributed by atoms with van der Waals surface area (Å²) in [4.78, 5) is 22.8. The van der Waals surface area contributed by atoms with Gasteiger partial charge in [0.05, 0.1) is 17.1 Å². The number of pyridine rings is 1. The Morgan fingerprint density at radius 2 is 2.30 bits per heavy atom. The number of hydrogen-bond donors (Lipinski definition) is 1. The van der Waals surface area contributed by atoms with Gasteiger partial charge in [0.25, 0.3) is 0 Å². The SMILES string of the molecule is CCN(CCSC)C(=O)Cc1csc(Nc2ccc(Cl)cn2)n1. The number of carbonyl (C=O) groups excluding carboxylic acids is 1. The molecule has 0 spiro atoms. The van der Waals surface area contributed by atoms with Crippen LogP contribution in [0.25, 0.3) is 0 Å². The van der Waals surface area contributed by atoms with Crippen LogP contribution in [-0.2, 0) is 11.2 Å². The number of anilines is 2. The topological polar surface area (TPSA) is 58.1 Å². The van der Waals surface area contributed by atoms with Crippen molar-refractivity contribution in [3.63, 3.8) is 0 Å². The second-order valence-corrected chi connectivity index (χ2v) is 7.05. The first kappa shape index (κ1) is 18.0. The van der Waals surface area contributed by atoms with Gasteiger partial charge in [-0.15, -0.1) is 11.3 Å². The van der Waals surface area contributed by atoms with Crippen LogP contribution in [0.15, 0.2) is 23.7 Å². The van der Waals surface area contributed by atoms with Crippen molar-refractivity contribution in [2.24, 2.45) is 0 Å². The number of nitrogens with one attached hydrogen (secondary N) is 1.